The fourth-order valence-electron chi connectivity index (χ4n) is 10.3. The lowest BCUT2D eigenvalue weighted by Gasteiger charge is -2.33. The molecule has 9 nitrogen and oxygen atoms in total. The van der Waals surface area contributed by atoms with Crippen LogP contribution in [-0.4, -0.2) is 15.0 Å². The molecule has 4 heterocycles. The SMILES string of the molecule is c1ccc(C2(c3cccc(-c4nc(-c5cccc(C6(c7ccccc7)Nc7ccccc7N6)c5)nc(-c5cccc(C6(c7ccccc7)Nc7ccccc7N6)c5)n4)c3)Nc3ccccc3N2)cc1. The normalized spacial score (nSPS) is 15.1. The summed E-state index contributed by atoms with van der Waals surface area (Å²) in [6.07, 6.45) is 0. The maximum absolute atomic E-state index is 5.36. The summed E-state index contributed by atoms with van der Waals surface area (Å²) < 4.78 is 0. The molecular weight excluding hydrogens is 847 g/mol. The van der Waals surface area contributed by atoms with Gasteiger partial charge in [-0.25, -0.2) is 15.0 Å². The molecule has 10 aromatic rings. The molecule has 69 heavy (non-hydrogen) atoms. The first-order chi connectivity index (χ1) is 34.1. The van der Waals surface area contributed by atoms with Crippen LogP contribution in [-0.2, 0) is 17.0 Å². The first kappa shape index (κ1) is 40.1. The highest BCUT2D eigenvalue weighted by atomic mass is 15.3. The third-order valence-corrected chi connectivity index (χ3v) is 13.6. The summed E-state index contributed by atoms with van der Waals surface area (Å²) >= 11 is 0. The van der Waals surface area contributed by atoms with E-state index in [0.29, 0.717) is 17.5 Å². The molecule has 0 atom stereocenters. The van der Waals surface area contributed by atoms with Gasteiger partial charge in [-0.1, -0.05) is 182 Å². The van der Waals surface area contributed by atoms with Crippen molar-refractivity contribution in [2.75, 3.05) is 31.9 Å². The molecule has 0 fully saturated rings. The van der Waals surface area contributed by atoms with Gasteiger partial charge in [-0.3, -0.25) is 0 Å². The van der Waals surface area contributed by atoms with E-state index in [1.54, 1.807) is 0 Å². The third-order valence-electron chi connectivity index (χ3n) is 13.6. The second-order valence-corrected chi connectivity index (χ2v) is 17.8. The van der Waals surface area contributed by atoms with Crippen molar-refractivity contribution >= 4 is 34.1 Å². The minimum atomic E-state index is -0.752. The number of hydrogen-bond donors (Lipinski definition) is 6. The Hall–Kier alpha value is -9.21. The van der Waals surface area contributed by atoms with Crippen molar-refractivity contribution in [3.8, 4) is 34.2 Å². The van der Waals surface area contributed by atoms with E-state index in [9.17, 15) is 0 Å². The molecule has 0 bridgehead atoms. The first-order valence-corrected chi connectivity index (χ1v) is 23.3. The first-order valence-electron chi connectivity index (χ1n) is 23.3. The van der Waals surface area contributed by atoms with Crippen LogP contribution < -0.4 is 31.9 Å². The minimum absolute atomic E-state index is 0.552. The van der Waals surface area contributed by atoms with Crippen LogP contribution in [0.5, 0.6) is 0 Å². The second kappa shape index (κ2) is 16.0. The maximum Gasteiger partial charge on any atom is 0.164 e. The fourth-order valence-corrected chi connectivity index (χ4v) is 10.3. The number of hydrogen-bond acceptors (Lipinski definition) is 9. The van der Waals surface area contributed by atoms with Crippen molar-refractivity contribution in [2.24, 2.45) is 0 Å². The molecule has 3 aliphatic rings. The lowest BCUT2D eigenvalue weighted by Crippen LogP contribution is -2.40. The summed E-state index contributed by atoms with van der Waals surface area (Å²) in [5.74, 6) is 1.66. The fraction of sp³-hybridized carbons (Fsp3) is 0.0500. The number of anilines is 6. The van der Waals surface area contributed by atoms with Gasteiger partial charge in [0.25, 0.3) is 0 Å². The maximum atomic E-state index is 5.36. The molecule has 6 N–H and O–H groups in total. The van der Waals surface area contributed by atoms with Crippen molar-refractivity contribution in [1.29, 1.82) is 0 Å². The molecule has 1 aromatic heterocycles. The highest BCUT2D eigenvalue weighted by molar-refractivity contribution is 5.83. The second-order valence-electron chi connectivity index (χ2n) is 17.8. The number of fused-ring (bicyclic) bond motifs is 3. The van der Waals surface area contributed by atoms with Crippen LogP contribution in [0.15, 0.2) is 237 Å². The zero-order valence-corrected chi connectivity index (χ0v) is 37.4. The van der Waals surface area contributed by atoms with Gasteiger partial charge in [0, 0.05) is 50.1 Å². The van der Waals surface area contributed by atoms with E-state index < -0.39 is 17.0 Å². The number of nitrogens with one attached hydrogen (secondary N) is 6. The van der Waals surface area contributed by atoms with Gasteiger partial charge in [-0.2, -0.15) is 0 Å². The number of nitrogens with zero attached hydrogens (tertiary/aromatic N) is 3. The third kappa shape index (κ3) is 6.73. The van der Waals surface area contributed by atoms with Crippen LogP contribution in [0.3, 0.4) is 0 Å². The van der Waals surface area contributed by atoms with Crippen molar-refractivity contribution in [2.45, 2.75) is 17.0 Å². The Labute approximate surface area is 400 Å². The quantitative estimate of drug-likeness (QED) is 0.0844. The topological polar surface area (TPSA) is 111 Å². The predicted molar refractivity (Wildman–Crippen MR) is 279 cm³/mol. The van der Waals surface area contributed by atoms with Crippen molar-refractivity contribution in [3.05, 3.63) is 270 Å². The molecule has 3 aliphatic heterocycles. The Morgan fingerprint density at radius 1 is 0.217 bits per heavy atom. The average Bonchev–Trinajstić information content (AvgIpc) is 4.16. The van der Waals surface area contributed by atoms with E-state index in [-0.39, 0.29) is 0 Å². The molecule has 0 saturated carbocycles. The smallest absolute Gasteiger partial charge is 0.164 e. The molecule has 9 heteroatoms. The van der Waals surface area contributed by atoms with Crippen molar-refractivity contribution < 1.29 is 0 Å². The summed E-state index contributed by atoms with van der Waals surface area (Å²) in [5, 5.41) is 23.2. The van der Waals surface area contributed by atoms with E-state index in [4.69, 9.17) is 15.0 Å². The lowest BCUT2D eigenvalue weighted by molar-refractivity contribution is 0.703. The summed E-state index contributed by atoms with van der Waals surface area (Å²) in [5.41, 5.74) is 12.8. The van der Waals surface area contributed by atoms with Gasteiger partial charge >= 0.3 is 0 Å². The molecule has 13 rings (SSSR count). The van der Waals surface area contributed by atoms with Gasteiger partial charge in [0.1, 0.15) is 0 Å². The van der Waals surface area contributed by atoms with Gasteiger partial charge in [-0.05, 0) is 54.6 Å². The van der Waals surface area contributed by atoms with E-state index in [1.165, 1.54) is 0 Å². The summed E-state index contributed by atoms with van der Waals surface area (Å²) in [4.78, 5) is 16.1. The largest absolute Gasteiger partial charge is 0.354 e. The molecule has 0 saturated heterocycles. The average molecular weight is 892 g/mol. The number of para-hydroxylation sites is 6. The van der Waals surface area contributed by atoms with E-state index in [0.717, 1.165) is 84.2 Å². The van der Waals surface area contributed by atoms with Gasteiger partial charge in [0.05, 0.1) is 34.1 Å². The Kier molecular flexibility index (Phi) is 9.30. The Morgan fingerprint density at radius 2 is 0.435 bits per heavy atom. The van der Waals surface area contributed by atoms with E-state index >= 15 is 0 Å². The van der Waals surface area contributed by atoms with Crippen LogP contribution >= 0.6 is 0 Å². The highest BCUT2D eigenvalue weighted by Crippen LogP contribution is 2.47. The summed E-state index contributed by atoms with van der Waals surface area (Å²) in [6.45, 7) is 0. The number of benzene rings is 9. The minimum Gasteiger partial charge on any atom is -0.354 e. The standard InChI is InChI=1S/C60H45N9/c1-4-22-43(23-5-1)58(64-49-31-10-11-32-50(49)65-58)46-28-16-19-40(37-46)55-61-56(41-20-17-29-47(38-41)59(44-24-6-2-7-25-44)66-51-33-12-13-34-52(51)67-59)63-57(62-55)42-21-18-30-48(39-42)60(45-26-8-3-9-27-45)68-53-35-14-15-36-54(53)69-60/h1-39,64-69H. The Bertz CT molecular complexity index is 3080. The van der Waals surface area contributed by atoms with Crippen LogP contribution in [0, 0.1) is 0 Å². The summed E-state index contributed by atoms with van der Waals surface area (Å²) in [7, 11) is 0. The number of aromatic nitrogens is 3. The van der Waals surface area contributed by atoms with Crippen LogP contribution in [0.2, 0.25) is 0 Å². The molecule has 0 radical (unpaired) electrons. The van der Waals surface area contributed by atoms with Crippen LogP contribution in [0.4, 0.5) is 34.1 Å². The zero-order valence-electron chi connectivity index (χ0n) is 37.4. The molecule has 0 unspecified atom stereocenters. The molecule has 0 spiro atoms. The Morgan fingerprint density at radius 3 is 0.681 bits per heavy atom. The van der Waals surface area contributed by atoms with Gasteiger partial charge < -0.3 is 31.9 Å². The molecule has 0 aliphatic carbocycles. The van der Waals surface area contributed by atoms with E-state index in [2.05, 4.69) is 250 Å². The van der Waals surface area contributed by atoms with Gasteiger partial charge in [0.15, 0.2) is 34.5 Å². The summed E-state index contributed by atoms with van der Waals surface area (Å²) in [6, 6.07) is 82.1. The Balaban J connectivity index is 0.979. The lowest BCUT2D eigenvalue weighted by atomic mass is 9.90. The zero-order chi connectivity index (χ0) is 45.8. The van der Waals surface area contributed by atoms with Crippen molar-refractivity contribution in [1.82, 2.24) is 15.0 Å². The van der Waals surface area contributed by atoms with Gasteiger partial charge in [0.2, 0.25) is 0 Å². The highest BCUT2D eigenvalue weighted by Gasteiger charge is 2.42. The molecule has 330 valence electrons. The van der Waals surface area contributed by atoms with Crippen LogP contribution in [0.25, 0.3) is 34.2 Å². The molecular formula is C60H45N9. The molecule has 0 amide bonds. The monoisotopic (exact) mass is 891 g/mol. The van der Waals surface area contributed by atoms with Gasteiger partial charge in [-0.15, -0.1) is 0 Å². The molecule has 9 aromatic carbocycles. The van der Waals surface area contributed by atoms with Crippen molar-refractivity contribution in [3.63, 3.8) is 0 Å². The van der Waals surface area contributed by atoms with E-state index in [1.807, 2.05) is 18.2 Å². The van der Waals surface area contributed by atoms with Crippen LogP contribution in [0.1, 0.15) is 33.4 Å². The number of rotatable bonds is 9. The predicted octanol–water partition coefficient (Wildman–Crippen LogP) is 13.1.